The highest BCUT2D eigenvalue weighted by Crippen LogP contribution is 2.15. The van der Waals surface area contributed by atoms with Gasteiger partial charge in [0.2, 0.25) is 0 Å². The third-order valence-corrected chi connectivity index (χ3v) is 2.83. The molecule has 1 heterocycles. The first-order valence-electron chi connectivity index (χ1n) is 5.28. The summed E-state index contributed by atoms with van der Waals surface area (Å²) >= 11 is 1.32. The Morgan fingerprint density at radius 1 is 1.56 bits per heavy atom. The molecule has 1 amide bonds. The van der Waals surface area contributed by atoms with Crippen LogP contribution in [0.25, 0.3) is 0 Å². The predicted octanol–water partition coefficient (Wildman–Crippen LogP) is 2.69. The van der Waals surface area contributed by atoms with Gasteiger partial charge in [-0.15, -0.1) is 11.3 Å². The van der Waals surface area contributed by atoms with Gasteiger partial charge in [0.05, 0.1) is 0 Å². The fraction of sp³-hybridized carbons (Fsp3) is 0.167. The average molecular weight is 266 g/mol. The second-order valence-corrected chi connectivity index (χ2v) is 4.44. The lowest BCUT2D eigenvalue weighted by molar-refractivity contribution is -0.122. The molecule has 0 bridgehead atoms. The van der Waals surface area contributed by atoms with Gasteiger partial charge in [0.25, 0.3) is 5.91 Å². The molecular formula is C12H11FN2O2S. The molecule has 6 heteroatoms. The van der Waals surface area contributed by atoms with Crippen LogP contribution in [0.4, 0.5) is 9.52 Å². The number of thiazole rings is 1. The molecule has 18 heavy (non-hydrogen) atoms. The lowest BCUT2D eigenvalue weighted by atomic mass is 10.3. The van der Waals surface area contributed by atoms with E-state index in [1.165, 1.54) is 29.5 Å². The van der Waals surface area contributed by atoms with Crippen molar-refractivity contribution in [3.63, 3.8) is 0 Å². The van der Waals surface area contributed by atoms with Crippen LogP contribution >= 0.6 is 11.3 Å². The van der Waals surface area contributed by atoms with Crippen molar-refractivity contribution in [3.8, 4) is 5.75 Å². The largest absolute Gasteiger partial charge is 0.481 e. The van der Waals surface area contributed by atoms with Gasteiger partial charge < -0.3 is 4.74 Å². The summed E-state index contributed by atoms with van der Waals surface area (Å²) < 4.78 is 18.3. The minimum Gasteiger partial charge on any atom is -0.481 e. The van der Waals surface area contributed by atoms with Crippen molar-refractivity contribution in [2.75, 3.05) is 5.32 Å². The highest BCUT2D eigenvalue weighted by molar-refractivity contribution is 7.13. The summed E-state index contributed by atoms with van der Waals surface area (Å²) in [6.45, 7) is 1.59. The molecule has 1 aromatic carbocycles. The number of hydrogen-bond donors (Lipinski definition) is 1. The van der Waals surface area contributed by atoms with E-state index < -0.39 is 11.9 Å². The van der Waals surface area contributed by atoms with Crippen LogP contribution in [0.5, 0.6) is 5.75 Å². The van der Waals surface area contributed by atoms with E-state index >= 15 is 0 Å². The lowest BCUT2D eigenvalue weighted by Crippen LogP contribution is -2.30. The maximum atomic E-state index is 12.9. The Labute approximate surface area is 107 Å². The highest BCUT2D eigenvalue weighted by Gasteiger charge is 2.15. The molecule has 0 aliphatic heterocycles. The minimum atomic E-state index is -0.726. The van der Waals surface area contributed by atoms with Crippen molar-refractivity contribution >= 4 is 22.4 Å². The number of nitrogens with zero attached hydrogens (tertiary/aromatic N) is 1. The van der Waals surface area contributed by atoms with E-state index in [4.69, 9.17) is 4.74 Å². The first-order valence-corrected chi connectivity index (χ1v) is 6.15. The van der Waals surface area contributed by atoms with Crippen LogP contribution in [0.1, 0.15) is 6.92 Å². The first kappa shape index (κ1) is 12.5. The second-order valence-electron chi connectivity index (χ2n) is 3.54. The van der Waals surface area contributed by atoms with Gasteiger partial charge in [-0.3, -0.25) is 10.1 Å². The van der Waals surface area contributed by atoms with E-state index in [2.05, 4.69) is 10.3 Å². The maximum Gasteiger partial charge on any atom is 0.266 e. The normalized spacial score (nSPS) is 11.9. The van der Waals surface area contributed by atoms with Crippen LogP contribution in [-0.4, -0.2) is 17.0 Å². The number of carbonyl (C=O) groups is 1. The Hall–Kier alpha value is -1.95. The molecule has 1 unspecified atom stereocenters. The van der Waals surface area contributed by atoms with Crippen LogP contribution in [0.15, 0.2) is 35.8 Å². The maximum absolute atomic E-state index is 12.9. The van der Waals surface area contributed by atoms with Crippen LogP contribution in [0, 0.1) is 5.82 Å². The molecule has 0 saturated carbocycles. The van der Waals surface area contributed by atoms with E-state index in [1.54, 1.807) is 24.6 Å². The zero-order valence-electron chi connectivity index (χ0n) is 9.59. The molecule has 0 radical (unpaired) electrons. The Balaban J connectivity index is 1.95. The molecule has 2 rings (SSSR count). The van der Waals surface area contributed by atoms with Gasteiger partial charge in [0, 0.05) is 17.6 Å². The van der Waals surface area contributed by atoms with Gasteiger partial charge in [-0.25, -0.2) is 9.37 Å². The zero-order chi connectivity index (χ0) is 13.0. The molecule has 1 atom stereocenters. The molecular weight excluding hydrogens is 255 g/mol. The van der Waals surface area contributed by atoms with Crippen molar-refractivity contribution in [1.82, 2.24) is 4.98 Å². The number of anilines is 1. The number of ether oxygens (including phenoxy) is 1. The van der Waals surface area contributed by atoms with Gasteiger partial charge in [-0.05, 0) is 19.1 Å². The summed E-state index contributed by atoms with van der Waals surface area (Å²) in [7, 11) is 0. The summed E-state index contributed by atoms with van der Waals surface area (Å²) in [6, 6.07) is 5.66. The summed E-state index contributed by atoms with van der Waals surface area (Å²) in [6.07, 6.45) is 0.869. The van der Waals surface area contributed by atoms with Crippen LogP contribution in [0.2, 0.25) is 0 Å². The Bertz CT molecular complexity index is 531. The quantitative estimate of drug-likeness (QED) is 0.925. The SMILES string of the molecule is CC(Oc1cccc(F)c1)C(=O)Nc1nccs1. The number of halogens is 1. The number of rotatable bonds is 4. The van der Waals surface area contributed by atoms with E-state index in [0.717, 1.165) is 0 Å². The molecule has 0 spiro atoms. The third-order valence-electron chi connectivity index (χ3n) is 2.14. The number of amides is 1. The van der Waals surface area contributed by atoms with Crippen molar-refractivity contribution in [2.24, 2.45) is 0 Å². The van der Waals surface area contributed by atoms with E-state index in [-0.39, 0.29) is 5.91 Å². The van der Waals surface area contributed by atoms with Crippen molar-refractivity contribution in [2.45, 2.75) is 13.0 Å². The van der Waals surface area contributed by atoms with Gasteiger partial charge in [0.1, 0.15) is 11.6 Å². The Morgan fingerprint density at radius 2 is 2.39 bits per heavy atom. The van der Waals surface area contributed by atoms with Crippen LogP contribution < -0.4 is 10.1 Å². The molecule has 2 aromatic rings. The summed E-state index contributed by atoms with van der Waals surface area (Å²) in [5.41, 5.74) is 0. The van der Waals surface area contributed by atoms with Crippen LogP contribution in [0.3, 0.4) is 0 Å². The molecule has 1 N–H and O–H groups in total. The van der Waals surface area contributed by atoms with Crippen LogP contribution in [-0.2, 0) is 4.79 Å². The van der Waals surface area contributed by atoms with E-state index in [1.807, 2.05) is 0 Å². The number of hydrogen-bond acceptors (Lipinski definition) is 4. The standard InChI is InChI=1S/C12H11FN2O2S/c1-8(11(16)15-12-14-5-6-18-12)17-10-4-2-3-9(13)7-10/h2-8H,1H3,(H,14,15,16). The van der Waals surface area contributed by atoms with Gasteiger partial charge in [-0.1, -0.05) is 6.07 Å². The van der Waals surface area contributed by atoms with E-state index in [0.29, 0.717) is 10.9 Å². The predicted molar refractivity (Wildman–Crippen MR) is 67.2 cm³/mol. The van der Waals surface area contributed by atoms with Gasteiger partial charge >= 0.3 is 0 Å². The molecule has 0 saturated heterocycles. The summed E-state index contributed by atoms with van der Waals surface area (Å²) in [4.78, 5) is 15.7. The lowest BCUT2D eigenvalue weighted by Gasteiger charge is -2.13. The number of benzene rings is 1. The molecule has 0 aliphatic carbocycles. The van der Waals surface area contributed by atoms with Crippen molar-refractivity contribution < 1.29 is 13.9 Å². The fourth-order valence-corrected chi connectivity index (χ4v) is 1.82. The Morgan fingerprint density at radius 3 is 3.06 bits per heavy atom. The van der Waals surface area contributed by atoms with Gasteiger partial charge in [0.15, 0.2) is 11.2 Å². The Kier molecular flexibility index (Phi) is 3.88. The average Bonchev–Trinajstić information content (AvgIpc) is 2.81. The van der Waals surface area contributed by atoms with Crippen molar-refractivity contribution in [3.05, 3.63) is 41.7 Å². The minimum absolute atomic E-state index is 0.316. The summed E-state index contributed by atoms with van der Waals surface area (Å²) in [5.74, 6) is -0.411. The topological polar surface area (TPSA) is 51.2 Å². The smallest absolute Gasteiger partial charge is 0.266 e. The molecule has 4 nitrogen and oxygen atoms in total. The van der Waals surface area contributed by atoms with Gasteiger partial charge in [-0.2, -0.15) is 0 Å². The highest BCUT2D eigenvalue weighted by atomic mass is 32.1. The molecule has 1 aromatic heterocycles. The first-order chi connectivity index (χ1) is 8.65. The number of aromatic nitrogens is 1. The molecule has 94 valence electrons. The van der Waals surface area contributed by atoms with Crippen molar-refractivity contribution in [1.29, 1.82) is 0 Å². The monoisotopic (exact) mass is 266 g/mol. The molecule has 0 aliphatic rings. The number of carbonyl (C=O) groups excluding carboxylic acids is 1. The number of nitrogens with one attached hydrogen (secondary N) is 1. The zero-order valence-corrected chi connectivity index (χ0v) is 10.4. The summed E-state index contributed by atoms with van der Waals surface area (Å²) in [5, 5.41) is 4.87. The fourth-order valence-electron chi connectivity index (χ4n) is 1.29. The second kappa shape index (κ2) is 5.59. The third kappa shape index (κ3) is 3.27. The van der Waals surface area contributed by atoms with E-state index in [9.17, 15) is 9.18 Å². The molecule has 0 fully saturated rings.